The lowest BCUT2D eigenvalue weighted by molar-refractivity contribution is 0.633. The first-order valence-electron chi connectivity index (χ1n) is 17.4. The predicted octanol–water partition coefficient (Wildman–Crippen LogP) is 6.37. The zero-order valence-corrected chi connectivity index (χ0v) is 29.3. The molecule has 3 aliphatic heterocycles. The van der Waals surface area contributed by atoms with Crippen LogP contribution in [0, 0.1) is 41.5 Å². The number of hydrogen-bond donors (Lipinski definition) is 0. The maximum atomic E-state index is 4.55. The van der Waals surface area contributed by atoms with Crippen molar-refractivity contribution in [1.82, 2.24) is 4.98 Å². The smallest absolute Gasteiger partial charge is 0.247 e. The number of aryl methyl sites for hydroxylation is 6. The number of benzene rings is 5. The van der Waals surface area contributed by atoms with Crippen molar-refractivity contribution >= 4 is 63.3 Å². The number of pyridine rings is 1. The van der Waals surface area contributed by atoms with Gasteiger partial charge in [0.1, 0.15) is 0 Å². The van der Waals surface area contributed by atoms with Crippen LogP contribution < -0.4 is 37.7 Å². The van der Waals surface area contributed by atoms with Crippen molar-refractivity contribution in [2.24, 2.45) is 0 Å². The Morgan fingerprint density at radius 3 is 1.60 bits per heavy atom. The van der Waals surface area contributed by atoms with E-state index in [9.17, 15) is 0 Å². The summed E-state index contributed by atoms with van der Waals surface area (Å²) in [6, 6.07) is 33.0. The summed E-state index contributed by atoms with van der Waals surface area (Å²) in [7, 11) is 0. The van der Waals surface area contributed by atoms with Crippen LogP contribution >= 0.6 is 0 Å². The monoisotopic (exact) mass is 618 g/mol. The van der Waals surface area contributed by atoms with Crippen LogP contribution in [0.4, 0.5) is 17.1 Å². The molecule has 0 atom stereocenters. The van der Waals surface area contributed by atoms with E-state index in [0.717, 1.165) is 5.56 Å². The topological polar surface area (TPSA) is 16.1 Å². The summed E-state index contributed by atoms with van der Waals surface area (Å²) in [5.41, 5.74) is 25.7. The van der Waals surface area contributed by atoms with Gasteiger partial charge in [0.15, 0.2) is 0 Å². The quantitative estimate of drug-likeness (QED) is 0.214. The van der Waals surface area contributed by atoms with E-state index in [0.29, 0.717) is 0 Å². The highest BCUT2D eigenvalue weighted by atomic mass is 15.2. The molecule has 0 radical (unpaired) electrons. The van der Waals surface area contributed by atoms with Gasteiger partial charge in [-0.25, -0.2) is 0 Å². The van der Waals surface area contributed by atoms with Gasteiger partial charge in [-0.2, -0.15) is 0 Å². The zero-order valence-electron chi connectivity index (χ0n) is 29.3. The Labute approximate surface area is 286 Å². The van der Waals surface area contributed by atoms with Crippen molar-refractivity contribution in [1.29, 1.82) is 0 Å². The molecular formula is C44H40B2N2. The van der Waals surface area contributed by atoms with Crippen LogP contribution in [-0.2, 0) is 5.41 Å². The molecule has 0 saturated carbocycles. The Balaban J connectivity index is 1.46. The third-order valence-electron chi connectivity index (χ3n) is 11.6. The SMILES string of the molecule is Cc1cc(C)c(B2c3cccc4c3N3c5c2cccc5C(C)(C)c2cc(-c5cccnc5)cc(c23)B4c2c(C)cc(C)cc2C)c(C)c1. The first kappa shape index (κ1) is 29.3. The Bertz CT molecular complexity index is 2310. The van der Waals surface area contributed by atoms with Crippen molar-refractivity contribution in [2.75, 3.05) is 4.90 Å². The summed E-state index contributed by atoms with van der Waals surface area (Å²) in [6.45, 7) is 18.8. The fraction of sp³-hybridized carbons (Fsp3) is 0.205. The van der Waals surface area contributed by atoms with Crippen molar-refractivity contribution < 1.29 is 0 Å². The Morgan fingerprint density at radius 2 is 1.04 bits per heavy atom. The number of para-hydroxylation sites is 2. The van der Waals surface area contributed by atoms with E-state index in [-0.39, 0.29) is 18.8 Å². The second-order valence-electron chi connectivity index (χ2n) is 15.2. The lowest BCUT2D eigenvalue weighted by Gasteiger charge is -2.52. The molecule has 0 unspecified atom stereocenters. The van der Waals surface area contributed by atoms with Crippen molar-refractivity contribution in [3.05, 3.63) is 142 Å². The summed E-state index contributed by atoms with van der Waals surface area (Å²) < 4.78 is 0. The molecule has 0 bridgehead atoms. The van der Waals surface area contributed by atoms with Gasteiger partial charge >= 0.3 is 0 Å². The van der Waals surface area contributed by atoms with E-state index >= 15 is 0 Å². The molecule has 4 heteroatoms. The summed E-state index contributed by atoms with van der Waals surface area (Å²) in [5.74, 6) is 0. The lowest BCUT2D eigenvalue weighted by Crippen LogP contribution is -2.67. The molecule has 0 saturated heterocycles. The molecule has 4 heterocycles. The molecule has 0 N–H and O–H groups in total. The largest absolute Gasteiger partial charge is 0.312 e. The molecule has 0 aliphatic carbocycles. The molecule has 0 amide bonds. The second-order valence-corrected chi connectivity index (χ2v) is 15.2. The van der Waals surface area contributed by atoms with E-state index in [1.807, 2.05) is 12.4 Å². The molecule has 6 aromatic rings. The Kier molecular flexibility index (Phi) is 6.17. The van der Waals surface area contributed by atoms with Crippen molar-refractivity contribution in [2.45, 2.75) is 60.8 Å². The highest BCUT2D eigenvalue weighted by Gasteiger charge is 2.50. The fourth-order valence-corrected chi connectivity index (χ4v) is 9.89. The van der Waals surface area contributed by atoms with E-state index in [1.165, 1.54) is 99.9 Å². The summed E-state index contributed by atoms with van der Waals surface area (Å²) in [6.07, 6.45) is 3.88. The molecule has 0 spiro atoms. The predicted molar refractivity (Wildman–Crippen MR) is 207 cm³/mol. The van der Waals surface area contributed by atoms with Gasteiger partial charge in [0.25, 0.3) is 0 Å². The molecule has 0 fully saturated rings. The van der Waals surface area contributed by atoms with Crippen LogP contribution in [0.15, 0.2) is 97.3 Å². The first-order valence-corrected chi connectivity index (χ1v) is 17.4. The zero-order chi connectivity index (χ0) is 33.2. The fourth-order valence-electron chi connectivity index (χ4n) is 9.89. The molecule has 232 valence electrons. The number of hydrogen-bond acceptors (Lipinski definition) is 2. The first-order chi connectivity index (χ1) is 23.1. The van der Waals surface area contributed by atoms with Gasteiger partial charge in [-0.05, 0) is 97.8 Å². The second kappa shape index (κ2) is 10.1. The molecule has 2 nitrogen and oxygen atoms in total. The maximum Gasteiger partial charge on any atom is 0.247 e. The minimum Gasteiger partial charge on any atom is -0.312 e. The van der Waals surface area contributed by atoms with Crippen LogP contribution in [0.1, 0.15) is 58.4 Å². The van der Waals surface area contributed by atoms with E-state index < -0.39 is 0 Å². The number of nitrogens with zero attached hydrogens (tertiary/aromatic N) is 2. The minimum absolute atomic E-state index is 0.102. The van der Waals surface area contributed by atoms with Crippen LogP contribution in [0.5, 0.6) is 0 Å². The molecule has 3 aliphatic rings. The highest BCUT2D eigenvalue weighted by molar-refractivity contribution is 7.02. The van der Waals surface area contributed by atoms with Gasteiger partial charge in [0.05, 0.1) is 0 Å². The number of rotatable bonds is 3. The third kappa shape index (κ3) is 3.86. The number of aromatic nitrogens is 1. The highest BCUT2D eigenvalue weighted by Crippen LogP contribution is 2.53. The summed E-state index contributed by atoms with van der Waals surface area (Å²) >= 11 is 0. The average molecular weight is 618 g/mol. The van der Waals surface area contributed by atoms with E-state index in [1.54, 1.807) is 0 Å². The summed E-state index contributed by atoms with van der Waals surface area (Å²) in [4.78, 5) is 7.23. The molecular weight excluding hydrogens is 578 g/mol. The molecule has 1 aromatic heterocycles. The van der Waals surface area contributed by atoms with Crippen LogP contribution in [0.3, 0.4) is 0 Å². The third-order valence-corrected chi connectivity index (χ3v) is 11.6. The van der Waals surface area contributed by atoms with E-state index in [2.05, 4.69) is 150 Å². The van der Waals surface area contributed by atoms with Gasteiger partial charge in [0.2, 0.25) is 13.4 Å². The molecule has 5 aromatic carbocycles. The molecule has 9 rings (SSSR count). The van der Waals surface area contributed by atoms with Gasteiger partial charge < -0.3 is 4.90 Å². The normalized spacial score (nSPS) is 14.7. The maximum absolute atomic E-state index is 4.55. The van der Waals surface area contributed by atoms with Crippen LogP contribution in [-0.4, -0.2) is 18.4 Å². The van der Waals surface area contributed by atoms with Gasteiger partial charge in [-0.3, -0.25) is 4.98 Å². The van der Waals surface area contributed by atoms with Crippen LogP contribution in [0.25, 0.3) is 11.1 Å². The van der Waals surface area contributed by atoms with Gasteiger partial charge in [-0.15, -0.1) is 0 Å². The Morgan fingerprint density at radius 1 is 0.521 bits per heavy atom. The standard InChI is InChI=1S/C44H40B2N2/c1-25-18-27(3)39(28(4)19-25)45-35-14-9-13-33-41(35)48-42-34(44(33,7)8)22-32(31-12-11-17-47-24-31)23-38(42)46(37-16-10-15-36(45)43(37)48)40-29(5)20-26(2)21-30(40)6/h9-24H,1-8H3. The van der Waals surface area contributed by atoms with Crippen molar-refractivity contribution in [3.63, 3.8) is 0 Å². The summed E-state index contributed by atoms with van der Waals surface area (Å²) in [5, 5.41) is 0. The van der Waals surface area contributed by atoms with Gasteiger partial charge in [0, 0.05) is 34.9 Å². The Hall–Kier alpha value is -4.82. The lowest BCUT2D eigenvalue weighted by atomic mass is 9.29. The van der Waals surface area contributed by atoms with Gasteiger partial charge in [-0.1, -0.05) is 131 Å². The minimum atomic E-state index is -0.211. The number of anilines is 3. The molecule has 48 heavy (non-hydrogen) atoms. The van der Waals surface area contributed by atoms with Crippen LogP contribution in [0.2, 0.25) is 0 Å². The van der Waals surface area contributed by atoms with Crippen molar-refractivity contribution in [3.8, 4) is 11.1 Å². The average Bonchev–Trinajstić information content (AvgIpc) is 3.05. The van der Waals surface area contributed by atoms with E-state index in [4.69, 9.17) is 0 Å².